The third kappa shape index (κ3) is 2.08. The topological polar surface area (TPSA) is 21.3 Å². The van der Waals surface area contributed by atoms with Crippen molar-refractivity contribution in [2.24, 2.45) is 0 Å². The molecule has 0 spiro atoms. The Morgan fingerprint density at radius 2 is 1.89 bits per heavy atom. The summed E-state index contributed by atoms with van der Waals surface area (Å²) in [6.45, 7) is 0.988. The van der Waals surface area contributed by atoms with Crippen molar-refractivity contribution in [1.82, 2.24) is 5.32 Å². The third-order valence-corrected chi connectivity index (χ3v) is 4.70. The Morgan fingerprint density at radius 1 is 1.06 bits per heavy atom. The molecule has 0 radical (unpaired) electrons. The van der Waals surface area contributed by atoms with Gasteiger partial charge in [-0.3, -0.25) is 0 Å². The molecule has 1 aromatic carbocycles. The van der Waals surface area contributed by atoms with Gasteiger partial charge in [0, 0.05) is 12.6 Å². The monoisotopic (exact) mass is 243 g/mol. The van der Waals surface area contributed by atoms with Crippen LogP contribution in [0.4, 0.5) is 0 Å². The zero-order chi connectivity index (χ0) is 11.9. The first-order valence-corrected chi connectivity index (χ1v) is 7.36. The van der Waals surface area contributed by atoms with Crippen LogP contribution in [0.15, 0.2) is 24.3 Å². The molecule has 4 rings (SSSR count). The van der Waals surface area contributed by atoms with E-state index < -0.39 is 0 Å². The van der Waals surface area contributed by atoms with Crippen LogP contribution in [-0.2, 0) is 11.3 Å². The second kappa shape index (κ2) is 4.36. The van der Waals surface area contributed by atoms with E-state index in [1.807, 2.05) is 0 Å². The summed E-state index contributed by atoms with van der Waals surface area (Å²) in [4.78, 5) is 0. The van der Waals surface area contributed by atoms with E-state index in [1.165, 1.54) is 43.2 Å². The van der Waals surface area contributed by atoms with Gasteiger partial charge in [-0.05, 0) is 49.1 Å². The Bertz CT molecular complexity index is 423. The number of ether oxygens (including phenoxy) is 1. The van der Waals surface area contributed by atoms with E-state index in [4.69, 9.17) is 4.74 Å². The molecule has 3 atom stereocenters. The van der Waals surface area contributed by atoms with Crippen LogP contribution in [0.25, 0.3) is 0 Å². The number of hydrogen-bond donors (Lipinski definition) is 1. The van der Waals surface area contributed by atoms with E-state index in [1.54, 1.807) is 0 Å². The van der Waals surface area contributed by atoms with Gasteiger partial charge in [-0.15, -0.1) is 0 Å². The molecule has 3 aliphatic rings. The smallest absolute Gasteiger partial charge is 0.0733 e. The standard InChI is InChI=1S/C16H21NO/c1-3-12(13-5-6-13)4-2-11(1)10-17-15-9-14-7-8-16(15)18-14/h1-4,13-17H,5-10H2. The summed E-state index contributed by atoms with van der Waals surface area (Å²) in [7, 11) is 0. The van der Waals surface area contributed by atoms with E-state index in [9.17, 15) is 0 Å². The van der Waals surface area contributed by atoms with Crippen molar-refractivity contribution in [3.63, 3.8) is 0 Å². The van der Waals surface area contributed by atoms with Crippen LogP contribution in [0.2, 0.25) is 0 Å². The molecule has 2 saturated heterocycles. The number of fused-ring (bicyclic) bond motifs is 2. The normalized spacial score (nSPS) is 34.1. The molecular formula is C16H21NO. The van der Waals surface area contributed by atoms with Crippen LogP contribution in [0.5, 0.6) is 0 Å². The summed E-state index contributed by atoms with van der Waals surface area (Å²) in [6.07, 6.45) is 7.55. The van der Waals surface area contributed by atoms with Gasteiger partial charge in [0.25, 0.3) is 0 Å². The van der Waals surface area contributed by atoms with Gasteiger partial charge < -0.3 is 10.1 Å². The van der Waals surface area contributed by atoms with E-state index in [0.29, 0.717) is 18.2 Å². The van der Waals surface area contributed by atoms with Gasteiger partial charge in [-0.2, -0.15) is 0 Å². The summed E-state index contributed by atoms with van der Waals surface area (Å²) in [5.74, 6) is 0.867. The molecule has 0 amide bonds. The summed E-state index contributed by atoms with van der Waals surface area (Å²) >= 11 is 0. The lowest BCUT2D eigenvalue weighted by Gasteiger charge is -2.20. The highest BCUT2D eigenvalue weighted by atomic mass is 16.5. The highest BCUT2D eigenvalue weighted by Crippen LogP contribution is 2.40. The number of rotatable bonds is 4. The molecule has 1 aliphatic carbocycles. The van der Waals surface area contributed by atoms with Crippen molar-refractivity contribution in [3.8, 4) is 0 Å². The average molecular weight is 243 g/mol. The maximum Gasteiger partial charge on any atom is 0.0733 e. The number of nitrogens with one attached hydrogen (secondary N) is 1. The van der Waals surface area contributed by atoms with Gasteiger partial charge in [0.15, 0.2) is 0 Å². The Balaban J connectivity index is 1.34. The van der Waals surface area contributed by atoms with Crippen LogP contribution < -0.4 is 5.32 Å². The molecule has 2 nitrogen and oxygen atoms in total. The van der Waals surface area contributed by atoms with Gasteiger partial charge in [0.2, 0.25) is 0 Å². The molecule has 0 aromatic heterocycles. The molecule has 2 bridgehead atoms. The minimum absolute atomic E-state index is 0.487. The van der Waals surface area contributed by atoms with E-state index in [2.05, 4.69) is 29.6 Å². The van der Waals surface area contributed by atoms with E-state index in [-0.39, 0.29) is 0 Å². The van der Waals surface area contributed by atoms with Crippen molar-refractivity contribution >= 4 is 0 Å². The second-order valence-electron chi connectivity index (χ2n) is 6.11. The van der Waals surface area contributed by atoms with Crippen LogP contribution >= 0.6 is 0 Å². The summed E-state index contributed by atoms with van der Waals surface area (Å²) in [5.41, 5.74) is 2.93. The van der Waals surface area contributed by atoms with E-state index >= 15 is 0 Å². The lowest BCUT2D eigenvalue weighted by atomic mass is 9.95. The minimum atomic E-state index is 0.487. The zero-order valence-corrected chi connectivity index (χ0v) is 10.8. The molecular weight excluding hydrogens is 222 g/mol. The minimum Gasteiger partial charge on any atom is -0.373 e. The summed E-state index contributed by atoms with van der Waals surface area (Å²) in [5, 5.41) is 3.67. The summed E-state index contributed by atoms with van der Waals surface area (Å²) in [6, 6.07) is 9.79. The zero-order valence-electron chi connectivity index (χ0n) is 10.8. The fourth-order valence-corrected chi connectivity index (χ4v) is 3.43. The molecule has 1 aromatic rings. The SMILES string of the molecule is c1cc(C2CC2)ccc1CNC1CC2CCC1O2. The lowest BCUT2D eigenvalue weighted by molar-refractivity contribution is 0.0973. The van der Waals surface area contributed by atoms with Crippen LogP contribution in [0.3, 0.4) is 0 Å². The third-order valence-electron chi connectivity index (χ3n) is 4.70. The molecule has 96 valence electrons. The highest BCUT2D eigenvalue weighted by Gasteiger charge is 2.40. The summed E-state index contributed by atoms with van der Waals surface area (Å²) < 4.78 is 5.87. The fourth-order valence-electron chi connectivity index (χ4n) is 3.43. The predicted molar refractivity (Wildman–Crippen MR) is 71.6 cm³/mol. The Kier molecular flexibility index (Phi) is 2.66. The van der Waals surface area contributed by atoms with E-state index in [0.717, 1.165) is 12.5 Å². The van der Waals surface area contributed by atoms with Crippen molar-refractivity contribution in [3.05, 3.63) is 35.4 Å². The lowest BCUT2D eigenvalue weighted by Crippen LogP contribution is -2.36. The first-order valence-electron chi connectivity index (χ1n) is 7.36. The van der Waals surface area contributed by atoms with Crippen LogP contribution in [0, 0.1) is 0 Å². The molecule has 18 heavy (non-hydrogen) atoms. The molecule has 1 N–H and O–H groups in total. The Hall–Kier alpha value is -0.860. The Labute approximate surface area is 109 Å². The molecule has 3 fully saturated rings. The second-order valence-corrected chi connectivity index (χ2v) is 6.11. The maximum absolute atomic E-state index is 5.87. The van der Waals surface area contributed by atoms with Crippen molar-refractivity contribution in [2.45, 2.75) is 62.8 Å². The maximum atomic E-state index is 5.87. The van der Waals surface area contributed by atoms with Gasteiger partial charge in [-0.25, -0.2) is 0 Å². The first kappa shape index (κ1) is 11.0. The largest absolute Gasteiger partial charge is 0.373 e. The predicted octanol–water partition coefficient (Wildman–Crippen LogP) is 2.97. The molecule has 3 unspecified atom stereocenters. The van der Waals surface area contributed by atoms with Crippen LogP contribution in [-0.4, -0.2) is 18.2 Å². The van der Waals surface area contributed by atoms with Crippen molar-refractivity contribution in [1.29, 1.82) is 0 Å². The molecule has 2 heterocycles. The van der Waals surface area contributed by atoms with Crippen molar-refractivity contribution in [2.75, 3.05) is 0 Å². The van der Waals surface area contributed by atoms with Crippen LogP contribution in [0.1, 0.15) is 49.1 Å². The number of benzene rings is 1. The molecule has 2 aliphatic heterocycles. The first-order chi connectivity index (χ1) is 8.88. The number of hydrogen-bond acceptors (Lipinski definition) is 2. The van der Waals surface area contributed by atoms with Gasteiger partial charge in [0.1, 0.15) is 0 Å². The van der Waals surface area contributed by atoms with Gasteiger partial charge >= 0.3 is 0 Å². The average Bonchev–Trinajstić information content (AvgIpc) is 3.06. The van der Waals surface area contributed by atoms with Gasteiger partial charge in [0.05, 0.1) is 12.2 Å². The van der Waals surface area contributed by atoms with Crippen molar-refractivity contribution < 1.29 is 4.74 Å². The molecule has 2 heteroatoms. The highest BCUT2D eigenvalue weighted by molar-refractivity contribution is 5.28. The quantitative estimate of drug-likeness (QED) is 0.878. The fraction of sp³-hybridized carbons (Fsp3) is 0.625. The molecule has 1 saturated carbocycles. The van der Waals surface area contributed by atoms with Gasteiger partial charge in [-0.1, -0.05) is 24.3 Å². The Morgan fingerprint density at radius 3 is 2.50 bits per heavy atom.